The number of hydrogen-bond donors (Lipinski definition) is 0. The molecule has 3 heteroatoms. The van der Waals surface area contributed by atoms with Gasteiger partial charge in [-0.25, -0.2) is 0 Å². The third kappa shape index (κ3) is 2.81. The third-order valence-electron chi connectivity index (χ3n) is 2.08. The van der Waals surface area contributed by atoms with E-state index in [-0.39, 0.29) is 0 Å². The first-order chi connectivity index (χ1) is 7.21. The SMILES string of the molecule is CCC(C#N)Oc1ccc(C)cc1C=O. The van der Waals surface area contributed by atoms with Gasteiger partial charge in [0.1, 0.15) is 11.8 Å². The Hall–Kier alpha value is -1.82. The molecule has 1 unspecified atom stereocenters. The first-order valence-corrected chi connectivity index (χ1v) is 4.83. The monoisotopic (exact) mass is 203 g/mol. The van der Waals surface area contributed by atoms with Gasteiger partial charge < -0.3 is 4.74 Å². The molecule has 0 N–H and O–H groups in total. The molecule has 0 aromatic heterocycles. The van der Waals surface area contributed by atoms with E-state index in [0.29, 0.717) is 17.7 Å². The number of rotatable bonds is 4. The van der Waals surface area contributed by atoms with Crippen molar-refractivity contribution in [2.24, 2.45) is 0 Å². The number of nitriles is 1. The molecule has 0 amide bonds. The van der Waals surface area contributed by atoms with Gasteiger partial charge in [-0.1, -0.05) is 18.6 Å². The number of carbonyl (C=O) groups excluding carboxylic acids is 1. The van der Waals surface area contributed by atoms with Crippen molar-refractivity contribution in [3.05, 3.63) is 29.3 Å². The topological polar surface area (TPSA) is 50.1 Å². The number of benzene rings is 1. The maximum absolute atomic E-state index is 10.8. The van der Waals surface area contributed by atoms with Crippen LogP contribution in [0.4, 0.5) is 0 Å². The molecule has 3 nitrogen and oxygen atoms in total. The zero-order valence-corrected chi connectivity index (χ0v) is 8.86. The van der Waals surface area contributed by atoms with Crippen LogP contribution in [-0.4, -0.2) is 12.4 Å². The lowest BCUT2D eigenvalue weighted by atomic mass is 10.1. The van der Waals surface area contributed by atoms with Crippen molar-refractivity contribution < 1.29 is 9.53 Å². The molecule has 0 bridgehead atoms. The van der Waals surface area contributed by atoms with Crippen molar-refractivity contribution in [2.45, 2.75) is 26.4 Å². The Morgan fingerprint density at radius 2 is 2.33 bits per heavy atom. The minimum absolute atomic E-state index is 0.476. The molecule has 0 aliphatic carbocycles. The molecular weight excluding hydrogens is 190 g/mol. The number of hydrogen-bond acceptors (Lipinski definition) is 3. The van der Waals surface area contributed by atoms with E-state index in [9.17, 15) is 4.79 Å². The van der Waals surface area contributed by atoms with E-state index >= 15 is 0 Å². The maximum atomic E-state index is 10.8. The Bertz CT molecular complexity index is 393. The zero-order valence-electron chi connectivity index (χ0n) is 8.86. The van der Waals surface area contributed by atoms with Gasteiger partial charge in [-0.3, -0.25) is 4.79 Å². The first-order valence-electron chi connectivity index (χ1n) is 4.83. The first kappa shape index (κ1) is 11.3. The summed E-state index contributed by atoms with van der Waals surface area (Å²) < 4.78 is 5.40. The van der Waals surface area contributed by atoms with Gasteiger partial charge in [0.05, 0.1) is 5.56 Å². The van der Waals surface area contributed by atoms with E-state index < -0.39 is 6.10 Å². The van der Waals surface area contributed by atoms with Crippen molar-refractivity contribution in [3.8, 4) is 11.8 Å². The zero-order chi connectivity index (χ0) is 11.3. The van der Waals surface area contributed by atoms with Crippen LogP contribution in [0, 0.1) is 18.3 Å². The Morgan fingerprint density at radius 1 is 1.60 bits per heavy atom. The summed E-state index contributed by atoms with van der Waals surface area (Å²) in [7, 11) is 0. The molecular formula is C12H13NO2. The molecule has 1 aromatic rings. The fraction of sp³-hybridized carbons (Fsp3) is 0.333. The second-order valence-corrected chi connectivity index (χ2v) is 3.30. The molecule has 1 atom stereocenters. The van der Waals surface area contributed by atoms with Gasteiger partial charge in [-0.05, 0) is 25.5 Å². The van der Waals surface area contributed by atoms with Crippen LogP contribution in [0.15, 0.2) is 18.2 Å². The van der Waals surface area contributed by atoms with Crippen LogP contribution in [0.2, 0.25) is 0 Å². The van der Waals surface area contributed by atoms with Crippen LogP contribution in [-0.2, 0) is 0 Å². The van der Waals surface area contributed by atoms with Crippen LogP contribution < -0.4 is 4.74 Å². The molecule has 0 saturated carbocycles. The Balaban J connectivity index is 2.94. The number of aryl methyl sites for hydroxylation is 1. The summed E-state index contributed by atoms with van der Waals surface area (Å²) >= 11 is 0. The molecule has 78 valence electrons. The van der Waals surface area contributed by atoms with Gasteiger partial charge in [0.25, 0.3) is 0 Å². The van der Waals surface area contributed by atoms with Crippen molar-refractivity contribution in [3.63, 3.8) is 0 Å². The highest BCUT2D eigenvalue weighted by atomic mass is 16.5. The molecule has 0 aliphatic rings. The molecule has 0 fully saturated rings. The second-order valence-electron chi connectivity index (χ2n) is 3.30. The summed E-state index contributed by atoms with van der Waals surface area (Å²) in [6.07, 6.45) is 0.848. The quantitative estimate of drug-likeness (QED) is 0.706. The van der Waals surface area contributed by atoms with E-state index in [1.807, 2.05) is 26.0 Å². The summed E-state index contributed by atoms with van der Waals surface area (Å²) in [4.78, 5) is 10.8. The highest BCUT2D eigenvalue weighted by Crippen LogP contribution is 2.20. The lowest BCUT2D eigenvalue weighted by Crippen LogP contribution is -2.13. The van der Waals surface area contributed by atoms with Crippen molar-refractivity contribution in [1.82, 2.24) is 0 Å². The maximum Gasteiger partial charge on any atom is 0.184 e. The highest BCUT2D eigenvalue weighted by molar-refractivity contribution is 5.79. The standard InChI is InChI=1S/C12H13NO2/c1-3-11(7-13)15-12-5-4-9(2)6-10(12)8-14/h4-6,8,11H,3H2,1-2H3. The lowest BCUT2D eigenvalue weighted by molar-refractivity contribution is 0.111. The average Bonchev–Trinajstić information content (AvgIpc) is 2.27. The van der Waals surface area contributed by atoms with Crippen LogP contribution in [0.25, 0.3) is 0 Å². The molecule has 0 radical (unpaired) electrons. The normalized spacial score (nSPS) is 11.5. The van der Waals surface area contributed by atoms with Crippen LogP contribution >= 0.6 is 0 Å². The molecule has 0 aliphatic heterocycles. The summed E-state index contributed by atoms with van der Waals surface area (Å²) in [5.41, 5.74) is 1.48. The highest BCUT2D eigenvalue weighted by Gasteiger charge is 2.09. The van der Waals surface area contributed by atoms with E-state index in [4.69, 9.17) is 10.00 Å². The summed E-state index contributed by atoms with van der Waals surface area (Å²) in [5.74, 6) is 0.476. The van der Waals surface area contributed by atoms with Gasteiger partial charge in [-0.2, -0.15) is 5.26 Å². The Kier molecular flexibility index (Phi) is 3.87. The van der Waals surface area contributed by atoms with E-state index in [2.05, 4.69) is 0 Å². The summed E-state index contributed by atoms with van der Waals surface area (Å²) in [6.45, 7) is 3.76. The third-order valence-corrected chi connectivity index (χ3v) is 2.08. The van der Waals surface area contributed by atoms with Crippen molar-refractivity contribution in [1.29, 1.82) is 5.26 Å². The predicted molar refractivity (Wildman–Crippen MR) is 56.9 cm³/mol. The van der Waals surface area contributed by atoms with Gasteiger partial charge >= 0.3 is 0 Å². The van der Waals surface area contributed by atoms with Gasteiger partial charge in [0.2, 0.25) is 0 Å². The van der Waals surface area contributed by atoms with E-state index in [0.717, 1.165) is 11.8 Å². The molecule has 1 rings (SSSR count). The van der Waals surface area contributed by atoms with Crippen LogP contribution in [0.3, 0.4) is 0 Å². The molecule has 0 heterocycles. The molecule has 0 saturated heterocycles. The molecule has 1 aromatic carbocycles. The Labute approximate surface area is 89.3 Å². The largest absolute Gasteiger partial charge is 0.475 e. The van der Waals surface area contributed by atoms with Gasteiger partial charge in [0, 0.05) is 0 Å². The van der Waals surface area contributed by atoms with Gasteiger partial charge in [0.15, 0.2) is 12.4 Å². The summed E-state index contributed by atoms with van der Waals surface area (Å²) in [5, 5.41) is 8.74. The fourth-order valence-corrected chi connectivity index (χ4v) is 1.22. The van der Waals surface area contributed by atoms with E-state index in [1.165, 1.54) is 0 Å². The number of nitrogens with zero attached hydrogens (tertiary/aromatic N) is 1. The molecule has 0 spiro atoms. The lowest BCUT2D eigenvalue weighted by Gasteiger charge is -2.12. The van der Waals surface area contributed by atoms with Gasteiger partial charge in [-0.15, -0.1) is 0 Å². The average molecular weight is 203 g/mol. The van der Waals surface area contributed by atoms with Crippen LogP contribution in [0.5, 0.6) is 5.75 Å². The number of carbonyl (C=O) groups is 1. The Morgan fingerprint density at radius 3 is 2.87 bits per heavy atom. The summed E-state index contributed by atoms with van der Waals surface area (Å²) in [6, 6.07) is 7.35. The molecule has 15 heavy (non-hydrogen) atoms. The predicted octanol–water partition coefficient (Wildman–Crippen LogP) is 2.49. The fourth-order valence-electron chi connectivity index (χ4n) is 1.22. The van der Waals surface area contributed by atoms with Crippen molar-refractivity contribution in [2.75, 3.05) is 0 Å². The number of aldehydes is 1. The minimum atomic E-state index is -0.494. The van der Waals surface area contributed by atoms with E-state index in [1.54, 1.807) is 12.1 Å². The number of ether oxygens (including phenoxy) is 1. The smallest absolute Gasteiger partial charge is 0.184 e. The second kappa shape index (κ2) is 5.16. The minimum Gasteiger partial charge on any atom is -0.475 e. The van der Waals surface area contributed by atoms with Crippen molar-refractivity contribution >= 4 is 6.29 Å². The van der Waals surface area contributed by atoms with Crippen LogP contribution in [0.1, 0.15) is 29.3 Å².